The molecule has 0 atom stereocenters. The molecule has 78 valence electrons. The molecule has 0 aliphatic rings. The van der Waals surface area contributed by atoms with Crippen LogP contribution in [0, 0.1) is 0 Å². The lowest BCUT2D eigenvalue weighted by Crippen LogP contribution is -2.21. The van der Waals surface area contributed by atoms with Gasteiger partial charge in [-0.25, -0.2) is 4.79 Å². The zero-order valence-corrected chi connectivity index (χ0v) is 8.15. The molecule has 0 aliphatic carbocycles. The van der Waals surface area contributed by atoms with Gasteiger partial charge in [0, 0.05) is 17.8 Å². The number of benzene rings is 1. The Balaban J connectivity index is 2.61. The third-order valence-corrected chi connectivity index (χ3v) is 2.50. The number of hydrogen-bond acceptors (Lipinski definition) is 3. The van der Waals surface area contributed by atoms with Gasteiger partial charge in [0.1, 0.15) is 0 Å². The fourth-order valence-corrected chi connectivity index (χ4v) is 1.75. The van der Waals surface area contributed by atoms with Crippen LogP contribution < -0.4 is 11.2 Å². The number of hydrogen-bond donors (Lipinski definition) is 2. The highest BCUT2D eigenvalue weighted by Crippen LogP contribution is 2.16. The fourth-order valence-electron chi connectivity index (χ4n) is 1.75. The molecule has 0 saturated carbocycles. The number of rotatable bonds is 0. The molecule has 1 aromatic carbocycles. The van der Waals surface area contributed by atoms with Crippen molar-refractivity contribution >= 4 is 21.7 Å². The maximum Gasteiger partial charge on any atom is 0.326 e. The molecule has 5 heteroatoms. The molecule has 0 aliphatic heterocycles. The van der Waals surface area contributed by atoms with Gasteiger partial charge in [-0.05, 0) is 23.6 Å². The number of pyridine rings is 1. The van der Waals surface area contributed by atoms with E-state index in [1.54, 1.807) is 24.5 Å². The van der Waals surface area contributed by atoms with Crippen molar-refractivity contribution in [1.82, 2.24) is 15.0 Å². The second kappa shape index (κ2) is 3.03. The van der Waals surface area contributed by atoms with Crippen molar-refractivity contribution in [3.63, 3.8) is 0 Å². The summed E-state index contributed by atoms with van der Waals surface area (Å²) in [5.74, 6) is 0. The quantitative estimate of drug-likeness (QED) is 0.541. The van der Waals surface area contributed by atoms with Crippen LogP contribution in [0.2, 0.25) is 0 Å². The minimum absolute atomic E-state index is 0.385. The number of fused-ring (bicyclic) bond motifs is 2. The van der Waals surface area contributed by atoms with Crippen molar-refractivity contribution in [2.45, 2.75) is 0 Å². The van der Waals surface area contributed by atoms with E-state index in [0.29, 0.717) is 10.9 Å². The van der Waals surface area contributed by atoms with Crippen LogP contribution in [0.15, 0.2) is 40.2 Å². The van der Waals surface area contributed by atoms with Crippen LogP contribution in [0.5, 0.6) is 0 Å². The van der Waals surface area contributed by atoms with E-state index < -0.39 is 5.69 Å². The number of aromatic amines is 2. The van der Waals surface area contributed by atoms with Crippen LogP contribution in [0.25, 0.3) is 21.7 Å². The Morgan fingerprint density at radius 1 is 1.06 bits per heavy atom. The Bertz CT molecular complexity index is 801. The highest BCUT2D eigenvalue weighted by Gasteiger charge is 2.02. The lowest BCUT2D eigenvalue weighted by atomic mass is 10.1. The van der Waals surface area contributed by atoms with Gasteiger partial charge in [0.15, 0.2) is 0 Å². The second-order valence-electron chi connectivity index (χ2n) is 3.53. The summed E-state index contributed by atoms with van der Waals surface area (Å²) in [6.07, 6.45) is 3.35. The molecule has 2 heterocycles. The normalized spacial score (nSPS) is 11.0. The smallest absolute Gasteiger partial charge is 0.307 e. The highest BCUT2D eigenvalue weighted by atomic mass is 16.2. The van der Waals surface area contributed by atoms with Gasteiger partial charge in [0.2, 0.25) is 0 Å². The van der Waals surface area contributed by atoms with Crippen molar-refractivity contribution < 1.29 is 0 Å². The molecule has 0 amide bonds. The van der Waals surface area contributed by atoms with Crippen LogP contribution in [-0.2, 0) is 0 Å². The van der Waals surface area contributed by atoms with Crippen molar-refractivity contribution in [2.24, 2.45) is 0 Å². The maximum atomic E-state index is 11.5. The third-order valence-electron chi connectivity index (χ3n) is 2.50. The minimum atomic E-state index is -0.495. The third kappa shape index (κ3) is 1.22. The highest BCUT2D eigenvalue weighted by molar-refractivity contribution is 5.95. The molecular formula is C11H7N3O2. The van der Waals surface area contributed by atoms with Crippen molar-refractivity contribution in [2.75, 3.05) is 0 Å². The first-order valence-corrected chi connectivity index (χ1v) is 4.74. The summed E-state index contributed by atoms with van der Waals surface area (Å²) in [6, 6.07) is 5.31. The van der Waals surface area contributed by atoms with E-state index in [0.717, 1.165) is 10.8 Å². The average Bonchev–Trinajstić information content (AvgIpc) is 2.27. The zero-order chi connectivity index (χ0) is 11.1. The van der Waals surface area contributed by atoms with E-state index in [-0.39, 0.29) is 5.56 Å². The zero-order valence-electron chi connectivity index (χ0n) is 8.15. The average molecular weight is 213 g/mol. The maximum absolute atomic E-state index is 11.5. The number of H-pyrrole nitrogens is 2. The second-order valence-corrected chi connectivity index (χ2v) is 3.53. The van der Waals surface area contributed by atoms with Crippen LogP contribution in [0.4, 0.5) is 0 Å². The number of nitrogens with zero attached hydrogens (tertiary/aromatic N) is 1. The first kappa shape index (κ1) is 8.84. The first-order chi connectivity index (χ1) is 7.74. The molecule has 0 bridgehead atoms. The topological polar surface area (TPSA) is 78.6 Å². The molecule has 2 N–H and O–H groups in total. The van der Waals surface area contributed by atoms with Crippen molar-refractivity contribution in [3.8, 4) is 0 Å². The molecule has 0 saturated heterocycles. The van der Waals surface area contributed by atoms with Gasteiger partial charge in [-0.1, -0.05) is 0 Å². The van der Waals surface area contributed by atoms with Crippen molar-refractivity contribution in [1.29, 1.82) is 0 Å². The summed E-state index contributed by atoms with van der Waals surface area (Å²) in [5, 5.41) is 2.26. The fraction of sp³-hybridized carbons (Fsp3) is 0. The van der Waals surface area contributed by atoms with E-state index in [9.17, 15) is 9.59 Å². The molecule has 0 unspecified atom stereocenters. The SMILES string of the molecule is O=c1[nH]c(=O)c2cc3cnccc3cc2[nH]1. The predicted octanol–water partition coefficient (Wildman–Crippen LogP) is 0.765. The van der Waals surface area contributed by atoms with Crippen LogP contribution in [-0.4, -0.2) is 15.0 Å². The van der Waals surface area contributed by atoms with Gasteiger partial charge in [0.25, 0.3) is 5.56 Å². The van der Waals surface area contributed by atoms with E-state index >= 15 is 0 Å². The van der Waals surface area contributed by atoms with Gasteiger partial charge >= 0.3 is 5.69 Å². The van der Waals surface area contributed by atoms with E-state index in [1.807, 2.05) is 6.07 Å². The summed E-state index contributed by atoms with van der Waals surface area (Å²) < 4.78 is 0. The van der Waals surface area contributed by atoms with E-state index in [1.165, 1.54) is 0 Å². The van der Waals surface area contributed by atoms with Gasteiger partial charge in [-0.2, -0.15) is 0 Å². The Kier molecular flexibility index (Phi) is 1.67. The minimum Gasteiger partial charge on any atom is -0.307 e. The summed E-state index contributed by atoms with van der Waals surface area (Å²) in [7, 11) is 0. The number of nitrogens with one attached hydrogen (secondary N) is 2. The Hall–Kier alpha value is -2.43. The van der Waals surface area contributed by atoms with Crippen LogP contribution in [0.1, 0.15) is 0 Å². The Morgan fingerprint density at radius 3 is 2.81 bits per heavy atom. The molecule has 0 radical (unpaired) electrons. The lowest BCUT2D eigenvalue weighted by molar-refractivity contribution is 1.08. The Morgan fingerprint density at radius 2 is 1.94 bits per heavy atom. The largest absolute Gasteiger partial charge is 0.326 e. The lowest BCUT2D eigenvalue weighted by Gasteiger charge is -1.99. The molecule has 3 aromatic rings. The van der Waals surface area contributed by atoms with Crippen molar-refractivity contribution in [3.05, 3.63) is 51.4 Å². The molecule has 0 fully saturated rings. The van der Waals surface area contributed by atoms with E-state index in [2.05, 4.69) is 15.0 Å². The molecule has 5 nitrogen and oxygen atoms in total. The molecule has 3 rings (SSSR count). The predicted molar refractivity (Wildman–Crippen MR) is 60.5 cm³/mol. The van der Waals surface area contributed by atoms with Gasteiger partial charge in [-0.3, -0.25) is 14.8 Å². The summed E-state index contributed by atoms with van der Waals surface area (Å²) in [5.41, 5.74) is -0.345. The molecular weight excluding hydrogens is 206 g/mol. The van der Waals surface area contributed by atoms with Crippen LogP contribution in [0.3, 0.4) is 0 Å². The van der Waals surface area contributed by atoms with Gasteiger partial charge in [0.05, 0.1) is 10.9 Å². The summed E-state index contributed by atoms with van der Waals surface area (Å²) in [4.78, 5) is 31.4. The monoisotopic (exact) mass is 213 g/mol. The van der Waals surface area contributed by atoms with E-state index in [4.69, 9.17) is 0 Å². The summed E-state index contributed by atoms with van der Waals surface area (Å²) in [6.45, 7) is 0. The summed E-state index contributed by atoms with van der Waals surface area (Å²) >= 11 is 0. The number of aromatic nitrogens is 3. The van der Waals surface area contributed by atoms with Gasteiger partial charge in [-0.15, -0.1) is 0 Å². The first-order valence-electron chi connectivity index (χ1n) is 4.74. The Labute approximate surface area is 88.8 Å². The van der Waals surface area contributed by atoms with Crippen LogP contribution >= 0.6 is 0 Å². The molecule has 16 heavy (non-hydrogen) atoms. The molecule has 0 spiro atoms. The van der Waals surface area contributed by atoms with Gasteiger partial charge < -0.3 is 4.98 Å². The molecule has 2 aromatic heterocycles. The standard InChI is InChI=1S/C11H7N3O2/c15-10-8-3-7-5-12-2-1-6(7)4-9(8)13-11(16)14-10/h1-5H,(H2,13,14,15,16).